The Morgan fingerprint density at radius 2 is 1.96 bits per heavy atom. The van der Waals surface area contributed by atoms with Crippen molar-refractivity contribution in [2.75, 3.05) is 17.3 Å². The Hall–Kier alpha value is -3.64. The Kier molecular flexibility index (Phi) is 4.43. The highest BCUT2D eigenvalue weighted by atomic mass is 32.1. The summed E-state index contributed by atoms with van der Waals surface area (Å²) in [6.07, 6.45) is 0. The minimum Gasteiger partial charge on any atom is -0.477 e. The number of benzene rings is 1. The summed E-state index contributed by atoms with van der Waals surface area (Å²) in [7, 11) is 1.53. The standard InChI is InChI=1S/C17H11N3O5S/c1-18-9-3-5-10(6-4-9)19-17(24)20(2)14-8-12-13(26-14)7-11(15(21)22)16(23)25-12/h3-8H,2H3,(H,19,24)(H,21,22). The molecule has 9 heteroatoms. The van der Waals surface area contributed by atoms with Crippen LogP contribution in [0.5, 0.6) is 0 Å². The molecule has 0 aliphatic heterocycles. The first kappa shape index (κ1) is 17.2. The van der Waals surface area contributed by atoms with Gasteiger partial charge in [-0.05, 0) is 18.2 Å². The molecule has 3 aromatic rings. The lowest BCUT2D eigenvalue weighted by Crippen LogP contribution is -2.30. The molecule has 0 unspecified atom stereocenters. The molecule has 2 amide bonds. The molecule has 0 bridgehead atoms. The average molecular weight is 369 g/mol. The topological polar surface area (TPSA) is 104 Å². The van der Waals surface area contributed by atoms with Gasteiger partial charge in [0.2, 0.25) is 0 Å². The summed E-state index contributed by atoms with van der Waals surface area (Å²) in [5.74, 6) is -1.37. The van der Waals surface area contributed by atoms with Crippen LogP contribution in [0.15, 0.2) is 45.6 Å². The summed E-state index contributed by atoms with van der Waals surface area (Å²) in [5, 5.41) is 12.1. The van der Waals surface area contributed by atoms with Crippen LogP contribution in [0.25, 0.3) is 15.1 Å². The van der Waals surface area contributed by atoms with E-state index in [4.69, 9.17) is 16.1 Å². The van der Waals surface area contributed by atoms with E-state index in [1.165, 1.54) is 24.1 Å². The maximum absolute atomic E-state index is 12.4. The second-order valence-corrected chi connectivity index (χ2v) is 6.28. The molecule has 2 N–H and O–H groups in total. The Morgan fingerprint density at radius 1 is 1.27 bits per heavy atom. The summed E-state index contributed by atoms with van der Waals surface area (Å²) in [6.45, 7) is 6.91. The third kappa shape index (κ3) is 3.26. The Bertz CT molecular complexity index is 1110. The molecule has 0 atom stereocenters. The Labute approximate surface area is 150 Å². The third-order valence-electron chi connectivity index (χ3n) is 3.52. The van der Waals surface area contributed by atoms with Crippen LogP contribution in [-0.4, -0.2) is 24.2 Å². The van der Waals surface area contributed by atoms with Gasteiger partial charge in [-0.3, -0.25) is 4.90 Å². The number of carbonyl (C=O) groups is 2. The number of hydrogen-bond acceptors (Lipinski definition) is 5. The van der Waals surface area contributed by atoms with Gasteiger partial charge in [-0.2, -0.15) is 0 Å². The van der Waals surface area contributed by atoms with E-state index in [9.17, 15) is 14.4 Å². The summed E-state index contributed by atoms with van der Waals surface area (Å²) in [6, 6.07) is 8.69. The molecule has 0 radical (unpaired) electrons. The van der Waals surface area contributed by atoms with Gasteiger partial charge in [-0.25, -0.2) is 19.2 Å². The number of urea groups is 1. The normalized spacial score (nSPS) is 10.3. The minimum atomic E-state index is -1.37. The van der Waals surface area contributed by atoms with Crippen LogP contribution in [-0.2, 0) is 0 Å². The summed E-state index contributed by atoms with van der Waals surface area (Å²) in [5.41, 5.74) is -0.208. The lowest BCUT2D eigenvalue weighted by atomic mass is 10.3. The van der Waals surface area contributed by atoms with Gasteiger partial charge in [0.25, 0.3) is 0 Å². The monoisotopic (exact) mass is 369 g/mol. The van der Waals surface area contributed by atoms with E-state index < -0.39 is 23.2 Å². The van der Waals surface area contributed by atoms with Crippen molar-refractivity contribution in [3.63, 3.8) is 0 Å². The molecule has 2 aromatic heterocycles. The number of rotatable bonds is 3. The van der Waals surface area contributed by atoms with Gasteiger partial charge in [0, 0.05) is 18.8 Å². The predicted molar refractivity (Wildman–Crippen MR) is 97.4 cm³/mol. The second kappa shape index (κ2) is 6.70. The number of hydrogen-bond donors (Lipinski definition) is 2. The number of nitrogens with one attached hydrogen (secondary N) is 1. The molecule has 0 spiro atoms. The van der Waals surface area contributed by atoms with Crippen molar-refractivity contribution in [3.05, 3.63) is 63.8 Å². The number of nitrogens with zero attached hydrogens (tertiary/aromatic N) is 2. The summed E-state index contributed by atoms with van der Waals surface area (Å²) < 4.78 is 5.44. The zero-order chi connectivity index (χ0) is 18.8. The van der Waals surface area contributed by atoms with Gasteiger partial charge >= 0.3 is 17.6 Å². The molecule has 0 aliphatic carbocycles. The van der Waals surface area contributed by atoms with Crippen LogP contribution in [0, 0.1) is 6.57 Å². The quantitative estimate of drug-likeness (QED) is 0.684. The molecular formula is C17H11N3O5S. The van der Waals surface area contributed by atoms with Crippen molar-refractivity contribution in [2.45, 2.75) is 0 Å². The van der Waals surface area contributed by atoms with E-state index in [2.05, 4.69) is 10.2 Å². The van der Waals surface area contributed by atoms with Crippen LogP contribution in [0.1, 0.15) is 10.4 Å². The molecule has 0 saturated carbocycles. The molecule has 8 nitrogen and oxygen atoms in total. The lowest BCUT2D eigenvalue weighted by molar-refractivity contribution is 0.0692. The van der Waals surface area contributed by atoms with E-state index in [0.29, 0.717) is 21.1 Å². The molecule has 2 heterocycles. The van der Waals surface area contributed by atoms with Crippen molar-refractivity contribution >= 4 is 50.0 Å². The minimum absolute atomic E-state index is 0.209. The summed E-state index contributed by atoms with van der Waals surface area (Å²) in [4.78, 5) is 39.6. The highest BCUT2D eigenvalue weighted by molar-refractivity contribution is 7.22. The van der Waals surface area contributed by atoms with Crippen LogP contribution in [0.4, 0.5) is 21.2 Å². The maximum atomic E-state index is 12.4. The van der Waals surface area contributed by atoms with Crippen molar-refractivity contribution in [1.29, 1.82) is 0 Å². The molecule has 0 saturated heterocycles. The molecule has 3 rings (SSSR count). The number of fused-ring (bicyclic) bond motifs is 1. The van der Waals surface area contributed by atoms with E-state index in [1.807, 2.05) is 0 Å². The van der Waals surface area contributed by atoms with Crippen LogP contribution in [0.2, 0.25) is 0 Å². The molecule has 0 aliphatic rings. The Morgan fingerprint density at radius 3 is 2.58 bits per heavy atom. The SMILES string of the molecule is [C-]#[N+]c1ccc(NC(=O)N(C)c2cc3oc(=O)c(C(=O)O)cc3s2)cc1. The van der Waals surface area contributed by atoms with Gasteiger partial charge in [-0.1, -0.05) is 12.1 Å². The molecule has 26 heavy (non-hydrogen) atoms. The summed E-state index contributed by atoms with van der Waals surface area (Å²) >= 11 is 1.12. The number of carboxylic acid groups (broad SMARTS) is 1. The smallest absolute Gasteiger partial charge is 0.351 e. The Balaban J connectivity index is 1.85. The fourth-order valence-electron chi connectivity index (χ4n) is 2.14. The molecule has 130 valence electrons. The third-order valence-corrected chi connectivity index (χ3v) is 4.66. The predicted octanol–water partition coefficient (Wildman–Crippen LogP) is 3.77. The zero-order valence-electron chi connectivity index (χ0n) is 13.3. The zero-order valence-corrected chi connectivity index (χ0v) is 14.2. The molecule has 0 fully saturated rings. The molecule has 1 aromatic carbocycles. The van der Waals surface area contributed by atoms with Crippen LogP contribution >= 0.6 is 11.3 Å². The fourth-order valence-corrected chi connectivity index (χ4v) is 3.13. The van der Waals surface area contributed by atoms with Crippen molar-refractivity contribution < 1.29 is 19.1 Å². The van der Waals surface area contributed by atoms with Crippen LogP contribution < -0.4 is 15.8 Å². The number of anilines is 2. The highest BCUT2D eigenvalue weighted by Crippen LogP contribution is 2.32. The maximum Gasteiger partial charge on any atom is 0.351 e. The van der Waals surface area contributed by atoms with Gasteiger partial charge in [0.1, 0.15) is 10.6 Å². The first-order chi connectivity index (χ1) is 12.4. The van der Waals surface area contributed by atoms with Crippen molar-refractivity contribution in [2.24, 2.45) is 0 Å². The number of aromatic carboxylic acids is 1. The first-order valence-electron chi connectivity index (χ1n) is 7.22. The van der Waals surface area contributed by atoms with E-state index >= 15 is 0 Å². The van der Waals surface area contributed by atoms with Crippen molar-refractivity contribution in [1.82, 2.24) is 0 Å². The number of thiophene rings is 1. The van der Waals surface area contributed by atoms with E-state index in [-0.39, 0.29) is 5.58 Å². The lowest BCUT2D eigenvalue weighted by Gasteiger charge is -2.15. The highest BCUT2D eigenvalue weighted by Gasteiger charge is 2.18. The number of amides is 2. The first-order valence-corrected chi connectivity index (χ1v) is 8.04. The van der Waals surface area contributed by atoms with Crippen LogP contribution in [0.3, 0.4) is 0 Å². The van der Waals surface area contributed by atoms with E-state index in [1.54, 1.807) is 24.3 Å². The average Bonchev–Trinajstić information content (AvgIpc) is 3.03. The van der Waals surface area contributed by atoms with Gasteiger partial charge in [0.05, 0.1) is 11.3 Å². The van der Waals surface area contributed by atoms with E-state index in [0.717, 1.165) is 11.3 Å². The van der Waals surface area contributed by atoms with Gasteiger partial charge < -0.3 is 14.8 Å². The fraction of sp³-hybridized carbons (Fsp3) is 0.0588. The largest absolute Gasteiger partial charge is 0.477 e. The second-order valence-electron chi connectivity index (χ2n) is 5.21. The van der Waals surface area contributed by atoms with Gasteiger partial charge in [0.15, 0.2) is 11.3 Å². The van der Waals surface area contributed by atoms with Crippen molar-refractivity contribution in [3.8, 4) is 0 Å². The number of carbonyl (C=O) groups excluding carboxylic acids is 1. The van der Waals surface area contributed by atoms with Gasteiger partial charge in [-0.15, -0.1) is 11.3 Å². The number of carboxylic acids is 1. The molecular weight excluding hydrogens is 358 g/mol.